The number of nitrogens with one attached hydrogen (secondary N) is 1. The van der Waals surface area contributed by atoms with Crippen molar-refractivity contribution in [3.8, 4) is 11.3 Å². The molecular weight excluding hydrogens is 224 g/mol. The molecule has 0 spiro atoms. The molecule has 3 heteroatoms. The largest absolute Gasteiger partial charge is 0.310 e. The molecule has 0 unspecified atom stereocenters. The summed E-state index contributed by atoms with van der Waals surface area (Å²) in [5.74, 6) is 0.738. The third kappa shape index (κ3) is 2.35. The molecule has 1 N–H and O–H groups in total. The summed E-state index contributed by atoms with van der Waals surface area (Å²) in [5, 5.41) is 0. The number of aromatic amines is 1. The van der Waals surface area contributed by atoms with Gasteiger partial charge in [-0.15, -0.1) is 0 Å². The van der Waals surface area contributed by atoms with Gasteiger partial charge in [0, 0.05) is 17.5 Å². The van der Waals surface area contributed by atoms with Crippen LogP contribution >= 0.6 is 0 Å². The lowest BCUT2D eigenvalue weighted by molar-refractivity contribution is 0.911. The fourth-order valence-corrected chi connectivity index (χ4v) is 1.97. The predicted molar refractivity (Wildman–Crippen MR) is 73.8 cm³/mol. The fraction of sp³-hybridized carbons (Fsp3) is 0.333. The van der Waals surface area contributed by atoms with Crippen LogP contribution in [0.3, 0.4) is 0 Å². The normalized spacial score (nSPS) is 10.6. The van der Waals surface area contributed by atoms with Gasteiger partial charge in [0.1, 0.15) is 5.82 Å². The van der Waals surface area contributed by atoms with Crippen molar-refractivity contribution in [1.82, 2.24) is 9.97 Å². The van der Waals surface area contributed by atoms with E-state index >= 15 is 0 Å². The lowest BCUT2D eigenvalue weighted by Gasteiger charge is -2.08. The highest BCUT2D eigenvalue weighted by Crippen LogP contribution is 2.20. The number of hydrogen-bond donors (Lipinski definition) is 1. The zero-order chi connectivity index (χ0) is 13.1. The van der Waals surface area contributed by atoms with Crippen LogP contribution in [0.25, 0.3) is 11.3 Å². The zero-order valence-electron chi connectivity index (χ0n) is 11.1. The van der Waals surface area contributed by atoms with Crippen LogP contribution in [-0.2, 0) is 12.8 Å². The summed E-state index contributed by atoms with van der Waals surface area (Å²) in [6.07, 6.45) is 1.71. The van der Waals surface area contributed by atoms with E-state index in [0.717, 1.165) is 29.9 Å². The maximum atomic E-state index is 11.9. The highest BCUT2D eigenvalue weighted by atomic mass is 16.1. The Labute approximate surface area is 107 Å². The maximum Gasteiger partial charge on any atom is 0.254 e. The van der Waals surface area contributed by atoms with Gasteiger partial charge < -0.3 is 4.98 Å². The van der Waals surface area contributed by atoms with E-state index in [4.69, 9.17) is 0 Å². The van der Waals surface area contributed by atoms with Crippen LogP contribution in [0, 0.1) is 6.92 Å². The summed E-state index contributed by atoms with van der Waals surface area (Å²) < 4.78 is 0. The van der Waals surface area contributed by atoms with E-state index in [0.29, 0.717) is 5.56 Å². The summed E-state index contributed by atoms with van der Waals surface area (Å²) in [6, 6.07) is 8.22. The smallest absolute Gasteiger partial charge is 0.254 e. The van der Waals surface area contributed by atoms with E-state index in [1.807, 2.05) is 26.0 Å². The van der Waals surface area contributed by atoms with Crippen molar-refractivity contribution in [1.29, 1.82) is 0 Å². The molecule has 2 rings (SSSR count). The Kier molecular flexibility index (Phi) is 3.60. The van der Waals surface area contributed by atoms with Gasteiger partial charge in [0.15, 0.2) is 0 Å². The Hall–Kier alpha value is -1.90. The minimum Gasteiger partial charge on any atom is -0.310 e. The minimum absolute atomic E-state index is 0.0428. The third-order valence-corrected chi connectivity index (χ3v) is 3.14. The van der Waals surface area contributed by atoms with Crippen LogP contribution in [0.5, 0.6) is 0 Å². The highest BCUT2D eigenvalue weighted by Gasteiger charge is 2.09. The van der Waals surface area contributed by atoms with E-state index in [1.54, 1.807) is 0 Å². The van der Waals surface area contributed by atoms with Gasteiger partial charge in [-0.3, -0.25) is 4.79 Å². The standard InChI is InChI=1S/C15H18N2O/c1-4-11-7-6-8-12(9-11)14-10(3)15(18)17-13(5-2)16-14/h6-9H,4-5H2,1-3H3,(H,16,17,18). The molecule has 1 aromatic carbocycles. The van der Waals surface area contributed by atoms with Gasteiger partial charge in [-0.25, -0.2) is 4.98 Å². The van der Waals surface area contributed by atoms with Crippen molar-refractivity contribution >= 4 is 0 Å². The van der Waals surface area contributed by atoms with Gasteiger partial charge >= 0.3 is 0 Å². The molecule has 1 heterocycles. The van der Waals surface area contributed by atoms with Crippen LogP contribution < -0.4 is 5.56 Å². The first-order valence-corrected chi connectivity index (χ1v) is 6.34. The topological polar surface area (TPSA) is 45.8 Å². The maximum absolute atomic E-state index is 11.9. The quantitative estimate of drug-likeness (QED) is 0.899. The molecule has 94 valence electrons. The molecule has 1 aromatic heterocycles. The van der Waals surface area contributed by atoms with Gasteiger partial charge in [-0.1, -0.05) is 32.0 Å². The second-order valence-corrected chi connectivity index (χ2v) is 4.39. The fourth-order valence-electron chi connectivity index (χ4n) is 1.97. The van der Waals surface area contributed by atoms with E-state index in [1.165, 1.54) is 5.56 Å². The highest BCUT2D eigenvalue weighted by molar-refractivity contribution is 5.63. The van der Waals surface area contributed by atoms with Gasteiger partial charge in [0.05, 0.1) is 5.69 Å². The van der Waals surface area contributed by atoms with Crippen LogP contribution in [-0.4, -0.2) is 9.97 Å². The molecule has 3 nitrogen and oxygen atoms in total. The monoisotopic (exact) mass is 242 g/mol. The summed E-state index contributed by atoms with van der Waals surface area (Å²) in [5.41, 5.74) is 3.71. The molecule has 0 saturated carbocycles. The molecule has 0 aliphatic rings. The van der Waals surface area contributed by atoms with Crippen molar-refractivity contribution in [3.05, 3.63) is 51.6 Å². The second-order valence-electron chi connectivity index (χ2n) is 4.39. The molecule has 0 atom stereocenters. The first kappa shape index (κ1) is 12.6. The van der Waals surface area contributed by atoms with E-state index in [-0.39, 0.29) is 5.56 Å². The molecular formula is C15H18N2O. The number of benzene rings is 1. The molecule has 0 bridgehead atoms. The number of rotatable bonds is 3. The van der Waals surface area contributed by atoms with Crippen LogP contribution in [0.15, 0.2) is 29.1 Å². The lowest BCUT2D eigenvalue weighted by atomic mass is 10.0. The molecule has 0 aliphatic carbocycles. The Bertz CT molecular complexity index is 614. The number of hydrogen-bond acceptors (Lipinski definition) is 2. The van der Waals surface area contributed by atoms with Crippen molar-refractivity contribution in [3.63, 3.8) is 0 Å². The zero-order valence-corrected chi connectivity index (χ0v) is 11.1. The summed E-state index contributed by atoms with van der Waals surface area (Å²) >= 11 is 0. The molecule has 0 fully saturated rings. The molecule has 2 aromatic rings. The number of aryl methyl sites for hydroxylation is 2. The number of nitrogens with zero attached hydrogens (tertiary/aromatic N) is 1. The van der Waals surface area contributed by atoms with Crippen LogP contribution in [0.2, 0.25) is 0 Å². The van der Waals surface area contributed by atoms with Crippen LogP contribution in [0.4, 0.5) is 0 Å². The average molecular weight is 242 g/mol. The van der Waals surface area contributed by atoms with E-state index in [9.17, 15) is 4.79 Å². The average Bonchev–Trinajstić information content (AvgIpc) is 2.41. The summed E-state index contributed by atoms with van der Waals surface area (Å²) in [4.78, 5) is 19.2. The number of H-pyrrole nitrogens is 1. The van der Waals surface area contributed by atoms with Gasteiger partial charge in [0.25, 0.3) is 5.56 Å². The Morgan fingerprint density at radius 1 is 1.22 bits per heavy atom. The first-order chi connectivity index (χ1) is 8.65. The summed E-state index contributed by atoms with van der Waals surface area (Å²) in [6.45, 7) is 5.92. The van der Waals surface area contributed by atoms with Gasteiger partial charge in [0.2, 0.25) is 0 Å². The molecule has 18 heavy (non-hydrogen) atoms. The Balaban J connectivity index is 2.62. The minimum atomic E-state index is -0.0428. The predicted octanol–water partition coefficient (Wildman–Crippen LogP) is 2.87. The molecule has 0 saturated heterocycles. The van der Waals surface area contributed by atoms with Crippen molar-refractivity contribution in [2.75, 3.05) is 0 Å². The molecule has 0 radical (unpaired) electrons. The van der Waals surface area contributed by atoms with Crippen molar-refractivity contribution < 1.29 is 0 Å². The van der Waals surface area contributed by atoms with E-state index < -0.39 is 0 Å². The van der Waals surface area contributed by atoms with Crippen molar-refractivity contribution in [2.24, 2.45) is 0 Å². The lowest BCUT2D eigenvalue weighted by Crippen LogP contribution is -2.15. The third-order valence-electron chi connectivity index (χ3n) is 3.14. The molecule has 0 aliphatic heterocycles. The number of aromatic nitrogens is 2. The van der Waals surface area contributed by atoms with Gasteiger partial charge in [-0.2, -0.15) is 0 Å². The summed E-state index contributed by atoms with van der Waals surface area (Å²) in [7, 11) is 0. The van der Waals surface area contributed by atoms with Crippen molar-refractivity contribution in [2.45, 2.75) is 33.6 Å². The van der Waals surface area contributed by atoms with Crippen LogP contribution in [0.1, 0.15) is 30.8 Å². The first-order valence-electron chi connectivity index (χ1n) is 6.34. The molecule has 0 amide bonds. The van der Waals surface area contributed by atoms with E-state index in [2.05, 4.69) is 29.0 Å². The van der Waals surface area contributed by atoms with Gasteiger partial charge in [-0.05, 0) is 25.0 Å². The SMILES string of the molecule is CCc1cccc(-c2nc(CC)[nH]c(=O)c2C)c1. The second kappa shape index (κ2) is 5.17. The Morgan fingerprint density at radius 2 is 2.00 bits per heavy atom. The Morgan fingerprint density at radius 3 is 2.67 bits per heavy atom.